The largest absolute Gasteiger partial charge is 0.325 e. The minimum Gasteiger partial charge on any atom is -0.325 e. The van der Waals surface area contributed by atoms with E-state index < -0.39 is 0 Å². The van der Waals surface area contributed by atoms with E-state index in [-0.39, 0.29) is 0 Å². The first-order valence-corrected chi connectivity index (χ1v) is 7.66. The molecule has 0 amide bonds. The zero-order valence-electron chi connectivity index (χ0n) is 11.8. The van der Waals surface area contributed by atoms with E-state index in [1.54, 1.807) is 11.9 Å². The molecule has 3 rings (SSSR count). The molecule has 0 radical (unpaired) electrons. The molecule has 3 aromatic rings. The standard InChI is InChI=1S/C17H17N3S/c1-12-6-8-14(9-7-12)21-20-17-10-13(11-18)19-16-5-3-2-4-15(16)17/h2-10H,11,18H2,1H3,(H,19,20). The zero-order valence-corrected chi connectivity index (χ0v) is 12.7. The Labute approximate surface area is 128 Å². The number of aromatic nitrogens is 1. The fourth-order valence-corrected chi connectivity index (χ4v) is 2.81. The SMILES string of the molecule is Cc1ccc(SNc2cc(CN)nc3ccccc23)cc1. The van der Waals surface area contributed by atoms with Crippen LogP contribution < -0.4 is 10.5 Å². The van der Waals surface area contributed by atoms with E-state index in [0.717, 1.165) is 22.3 Å². The molecule has 2 aromatic carbocycles. The van der Waals surface area contributed by atoms with Gasteiger partial charge in [0.25, 0.3) is 0 Å². The highest BCUT2D eigenvalue weighted by Gasteiger charge is 2.05. The van der Waals surface area contributed by atoms with Crippen molar-refractivity contribution < 1.29 is 0 Å². The molecule has 106 valence electrons. The lowest BCUT2D eigenvalue weighted by Crippen LogP contribution is -2.01. The molecule has 0 spiro atoms. The molecule has 0 aliphatic heterocycles. The summed E-state index contributed by atoms with van der Waals surface area (Å²) in [6.07, 6.45) is 0. The second-order valence-corrected chi connectivity index (χ2v) is 5.78. The van der Waals surface area contributed by atoms with Gasteiger partial charge in [-0.1, -0.05) is 35.9 Å². The Bertz CT molecular complexity index is 754. The summed E-state index contributed by atoms with van der Waals surface area (Å²) in [5.41, 5.74) is 9.90. The number of nitrogens with zero attached hydrogens (tertiary/aromatic N) is 1. The van der Waals surface area contributed by atoms with E-state index >= 15 is 0 Å². The Morgan fingerprint density at radius 2 is 1.86 bits per heavy atom. The van der Waals surface area contributed by atoms with Crippen molar-refractivity contribution in [2.75, 3.05) is 4.72 Å². The average Bonchev–Trinajstić information content (AvgIpc) is 2.53. The van der Waals surface area contributed by atoms with Crippen molar-refractivity contribution in [1.82, 2.24) is 4.98 Å². The maximum atomic E-state index is 5.74. The van der Waals surface area contributed by atoms with Crippen LogP contribution in [0.4, 0.5) is 5.69 Å². The summed E-state index contributed by atoms with van der Waals surface area (Å²) in [6.45, 7) is 2.53. The highest BCUT2D eigenvalue weighted by Crippen LogP contribution is 2.28. The van der Waals surface area contributed by atoms with Gasteiger partial charge in [0.1, 0.15) is 0 Å². The summed E-state index contributed by atoms with van der Waals surface area (Å²) in [4.78, 5) is 5.72. The van der Waals surface area contributed by atoms with Crippen LogP contribution in [0.2, 0.25) is 0 Å². The van der Waals surface area contributed by atoms with Crippen LogP contribution in [0.1, 0.15) is 11.3 Å². The second-order valence-electron chi connectivity index (χ2n) is 4.90. The number of nitrogens with two attached hydrogens (primary N) is 1. The molecule has 1 heterocycles. The van der Waals surface area contributed by atoms with Crippen LogP contribution in [0.3, 0.4) is 0 Å². The second kappa shape index (κ2) is 6.16. The van der Waals surface area contributed by atoms with Crippen LogP contribution >= 0.6 is 11.9 Å². The number of aryl methyl sites for hydroxylation is 1. The molecule has 4 heteroatoms. The number of pyridine rings is 1. The molecule has 3 nitrogen and oxygen atoms in total. The lowest BCUT2D eigenvalue weighted by molar-refractivity contribution is 1.01. The van der Waals surface area contributed by atoms with Gasteiger partial charge < -0.3 is 10.5 Å². The van der Waals surface area contributed by atoms with Crippen molar-refractivity contribution in [2.24, 2.45) is 5.73 Å². The molecule has 0 bridgehead atoms. The Hall–Kier alpha value is -2.04. The minimum atomic E-state index is 0.439. The van der Waals surface area contributed by atoms with Crippen LogP contribution in [0, 0.1) is 6.92 Å². The van der Waals surface area contributed by atoms with E-state index in [2.05, 4.69) is 47.0 Å². The molecule has 0 unspecified atom stereocenters. The van der Waals surface area contributed by atoms with Gasteiger partial charge in [0.2, 0.25) is 0 Å². The monoisotopic (exact) mass is 295 g/mol. The summed E-state index contributed by atoms with van der Waals surface area (Å²) < 4.78 is 3.42. The van der Waals surface area contributed by atoms with Crippen LogP contribution in [0.25, 0.3) is 10.9 Å². The maximum absolute atomic E-state index is 5.74. The molecule has 0 fully saturated rings. The van der Waals surface area contributed by atoms with E-state index in [1.807, 2.05) is 24.3 Å². The number of rotatable bonds is 4. The molecule has 0 saturated heterocycles. The van der Waals surface area contributed by atoms with Gasteiger partial charge in [0.05, 0.1) is 16.9 Å². The summed E-state index contributed by atoms with van der Waals surface area (Å²) in [5, 5.41) is 1.11. The smallest absolute Gasteiger partial charge is 0.0726 e. The fraction of sp³-hybridized carbons (Fsp3) is 0.118. The van der Waals surface area contributed by atoms with E-state index in [9.17, 15) is 0 Å². The molecular formula is C17H17N3S. The van der Waals surface area contributed by atoms with Gasteiger partial charge >= 0.3 is 0 Å². The number of fused-ring (bicyclic) bond motifs is 1. The molecule has 0 atom stereocenters. The Morgan fingerprint density at radius 3 is 2.62 bits per heavy atom. The van der Waals surface area contributed by atoms with E-state index in [0.29, 0.717) is 6.54 Å². The Morgan fingerprint density at radius 1 is 1.10 bits per heavy atom. The number of para-hydroxylation sites is 1. The van der Waals surface area contributed by atoms with Gasteiger partial charge in [-0.15, -0.1) is 0 Å². The summed E-state index contributed by atoms with van der Waals surface area (Å²) in [6, 6.07) is 18.6. The summed E-state index contributed by atoms with van der Waals surface area (Å²) in [5.74, 6) is 0. The fourth-order valence-electron chi connectivity index (χ4n) is 2.14. The van der Waals surface area contributed by atoms with Crippen LogP contribution in [-0.4, -0.2) is 4.98 Å². The van der Waals surface area contributed by atoms with Crippen LogP contribution in [0.15, 0.2) is 59.5 Å². The Kier molecular flexibility index (Phi) is 4.08. The molecule has 1 aromatic heterocycles. The molecular weight excluding hydrogens is 278 g/mol. The molecule has 3 N–H and O–H groups in total. The minimum absolute atomic E-state index is 0.439. The van der Waals surface area contributed by atoms with Crippen molar-refractivity contribution in [3.8, 4) is 0 Å². The number of hydrogen-bond acceptors (Lipinski definition) is 4. The number of benzene rings is 2. The highest BCUT2D eigenvalue weighted by atomic mass is 32.2. The highest BCUT2D eigenvalue weighted by molar-refractivity contribution is 8.00. The summed E-state index contributed by atoms with van der Waals surface area (Å²) >= 11 is 1.60. The van der Waals surface area contributed by atoms with Crippen LogP contribution in [0.5, 0.6) is 0 Å². The Balaban J connectivity index is 1.90. The van der Waals surface area contributed by atoms with Gasteiger partial charge in [-0.2, -0.15) is 0 Å². The third-order valence-electron chi connectivity index (χ3n) is 3.28. The third kappa shape index (κ3) is 3.17. The topological polar surface area (TPSA) is 50.9 Å². The van der Waals surface area contributed by atoms with Crippen molar-refractivity contribution in [2.45, 2.75) is 18.4 Å². The van der Waals surface area contributed by atoms with Gasteiger partial charge in [-0.25, -0.2) is 0 Å². The van der Waals surface area contributed by atoms with Crippen molar-refractivity contribution in [1.29, 1.82) is 0 Å². The maximum Gasteiger partial charge on any atom is 0.0726 e. The first-order chi connectivity index (χ1) is 10.3. The van der Waals surface area contributed by atoms with Gasteiger partial charge in [-0.05, 0) is 43.1 Å². The van der Waals surface area contributed by atoms with Crippen LogP contribution in [-0.2, 0) is 6.54 Å². The number of anilines is 1. The van der Waals surface area contributed by atoms with Gasteiger partial charge in [0, 0.05) is 16.8 Å². The molecule has 0 aliphatic carbocycles. The lowest BCUT2D eigenvalue weighted by Gasteiger charge is -2.10. The predicted octanol–water partition coefficient (Wildman–Crippen LogP) is 4.12. The quantitative estimate of drug-likeness (QED) is 0.711. The lowest BCUT2D eigenvalue weighted by atomic mass is 10.1. The van der Waals surface area contributed by atoms with Crippen molar-refractivity contribution in [3.05, 3.63) is 65.9 Å². The molecule has 0 aliphatic rings. The van der Waals surface area contributed by atoms with E-state index in [1.165, 1.54) is 10.5 Å². The third-order valence-corrected chi connectivity index (χ3v) is 4.11. The average molecular weight is 295 g/mol. The number of hydrogen-bond donors (Lipinski definition) is 2. The van der Waals surface area contributed by atoms with Gasteiger partial charge in [0.15, 0.2) is 0 Å². The predicted molar refractivity (Wildman–Crippen MR) is 90.3 cm³/mol. The normalized spacial score (nSPS) is 10.8. The molecule has 21 heavy (non-hydrogen) atoms. The zero-order chi connectivity index (χ0) is 14.7. The van der Waals surface area contributed by atoms with Crippen molar-refractivity contribution in [3.63, 3.8) is 0 Å². The van der Waals surface area contributed by atoms with E-state index in [4.69, 9.17) is 5.73 Å². The summed E-state index contributed by atoms with van der Waals surface area (Å²) in [7, 11) is 0. The van der Waals surface area contributed by atoms with Crippen molar-refractivity contribution >= 4 is 28.5 Å². The first-order valence-electron chi connectivity index (χ1n) is 6.84. The number of nitrogens with one attached hydrogen (secondary N) is 1. The molecule has 0 saturated carbocycles. The first kappa shape index (κ1) is 13.9. The van der Waals surface area contributed by atoms with Gasteiger partial charge in [-0.3, -0.25) is 4.98 Å².